The molecule has 4 aromatic heterocycles. The molecule has 115 heavy (non-hydrogen) atoms. The van der Waals surface area contributed by atoms with E-state index in [2.05, 4.69) is 74.5 Å². The number of para-hydroxylation sites is 1. The van der Waals surface area contributed by atoms with Crippen molar-refractivity contribution in [1.29, 1.82) is 25.8 Å². The Balaban J connectivity index is 0.000000322. The number of carbonyl (C=O) groups excluding carboxylic acids is 5. The number of urea groups is 4. The number of nitrogens with one attached hydrogen (secondary N) is 9. The van der Waals surface area contributed by atoms with Crippen LogP contribution in [-0.4, -0.2) is 140 Å². The zero-order valence-corrected chi connectivity index (χ0v) is 68.4. The van der Waals surface area contributed by atoms with Crippen molar-refractivity contribution in [2.75, 3.05) is 76.8 Å². The Kier molecular flexibility index (Phi) is 34.8. The molecule has 8 rings (SSSR count). The van der Waals surface area contributed by atoms with E-state index in [1.807, 2.05) is 29.9 Å². The number of esters is 1. The monoisotopic (exact) mass is 1710 g/mol. The van der Waals surface area contributed by atoms with Crippen LogP contribution >= 0.6 is 23.2 Å². The SMILES string of the molecule is C.CCN=S(=O)(NC(=O)Nc1nc(C)cc(CC)c1C#N)c1ccccc1Cl.CCN=S(=O)(NC(=O)Nc1nc(Cl)cc(C)c1C#N)c1ccccc1C(=O)OC.CN=S(=O)(NC(=O)Nc1nc(OC)cc(C)c1C#N)c1ccccc1[N+](=O)[O-].COc1cc(C)c(C#N)c(NC(=O)NS(=N)(=O)c2ccccc2S(=O)(=O)N(C)C)n1. The third-order valence-electron chi connectivity index (χ3n) is 14.8. The maximum atomic E-state index is 13.5. The van der Waals surface area contributed by atoms with E-state index < -0.39 is 90.4 Å². The lowest BCUT2D eigenvalue weighted by molar-refractivity contribution is -0.387. The number of halogens is 2. The predicted octanol–water partition coefficient (Wildman–Crippen LogP) is 12.0. The summed E-state index contributed by atoms with van der Waals surface area (Å²) in [7, 11) is -10.9. The van der Waals surface area contributed by atoms with E-state index in [4.69, 9.17) is 42.2 Å². The van der Waals surface area contributed by atoms with Crippen molar-refractivity contribution in [3.05, 3.63) is 197 Å². The molecule has 0 aliphatic rings. The van der Waals surface area contributed by atoms with Crippen LogP contribution in [0.5, 0.6) is 11.8 Å². The van der Waals surface area contributed by atoms with Gasteiger partial charge in [0.2, 0.25) is 21.8 Å². The number of nitro benzene ring substituents is 1. The average molecular weight is 1710 g/mol. The van der Waals surface area contributed by atoms with Crippen LogP contribution in [0.15, 0.2) is 159 Å². The van der Waals surface area contributed by atoms with Gasteiger partial charge in [0.15, 0.2) is 62.9 Å². The van der Waals surface area contributed by atoms with Crippen molar-refractivity contribution in [3.8, 4) is 36.0 Å². The largest absolute Gasteiger partial charge is 0.481 e. The second-order valence-electron chi connectivity index (χ2n) is 22.7. The molecule has 38 nitrogen and oxygen atoms in total. The fourth-order valence-corrected chi connectivity index (χ4v) is 17.7. The van der Waals surface area contributed by atoms with Gasteiger partial charge in [0.1, 0.15) is 39.2 Å². The molecule has 9 N–H and O–H groups in total. The summed E-state index contributed by atoms with van der Waals surface area (Å²) in [5, 5.41) is 58.2. The van der Waals surface area contributed by atoms with Gasteiger partial charge in [0, 0.05) is 58.1 Å². The van der Waals surface area contributed by atoms with E-state index in [9.17, 15) is 80.4 Å². The fourth-order valence-electron chi connectivity index (χ4n) is 9.62. The molecule has 0 spiro atoms. The molecule has 0 bridgehead atoms. The molecule has 0 radical (unpaired) electrons. The summed E-state index contributed by atoms with van der Waals surface area (Å²) in [6, 6.07) is 33.1. The first-order valence-electron chi connectivity index (χ1n) is 32.6. The number of benzene rings is 4. The second kappa shape index (κ2) is 42.2. The Hall–Kier alpha value is -12.7. The number of hydrogen-bond donors (Lipinski definition) is 9. The Morgan fingerprint density at radius 2 is 0.930 bits per heavy atom. The highest BCUT2D eigenvalue weighted by atomic mass is 35.5. The van der Waals surface area contributed by atoms with Crippen molar-refractivity contribution < 1.29 is 68.4 Å². The fraction of sp³-hybridized carbons (Fsp3) is 0.243. The van der Waals surface area contributed by atoms with Crippen molar-refractivity contribution in [1.82, 2.24) is 43.1 Å². The van der Waals surface area contributed by atoms with Gasteiger partial charge in [0.05, 0.1) is 73.8 Å². The number of methoxy groups -OCH3 is 3. The van der Waals surface area contributed by atoms with Gasteiger partial charge >= 0.3 is 30.1 Å². The number of hydrogen-bond acceptors (Lipinski definition) is 28. The molecular formula is C70H78Cl2N22O16S5. The Bertz CT molecular complexity index is 5900. The standard InChI is InChI=1S/C18H18ClN5O4S.C18H20ClN5O2S.C17H20N6O5S2.C16H16N6O5S.CH4/c1-4-21-29(27,14-8-6-5-7-12(14)17(25)28-3)24-18(26)23-16-13(10-20)11(2)9-15(19)22-16;1-4-13-10-12(3)22-17(14(13)11-20)23-18(25)24-27(26,21-5-2)16-9-7-6-8-15(16)19;1-11-9-15(28-4)20-16(12(11)10-18)21-17(24)22-29(19,25)13-7-5-6-8-14(13)30(26,27)23(2)3;1-10-8-14(27-3)19-15(11(10)9-17)20-16(23)21-28(26,18-2)13-7-5-4-6-12(13)22(24)25;/h5-9H,4H2,1-3H3,(H2,21,22,23,24,26,27);6-10H,4-5H2,1-3H3,(H2,21,22,23,24,25,26);5-9H,1-4H3,(H3,19,20,21,22,24,25);4-8H,1-3H3,(H2,18,19,20,21,23,26);1H4. The zero-order chi connectivity index (χ0) is 85.2. The predicted molar refractivity (Wildman–Crippen MR) is 430 cm³/mol. The van der Waals surface area contributed by atoms with Gasteiger partial charge < -0.3 is 14.2 Å². The third kappa shape index (κ3) is 24.4. The summed E-state index contributed by atoms with van der Waals surface area (Å²) < 4.78 is 122. The summed E-state index contributed by atoms with van der Waals surface area (Å²) in [5.41, 5.74) is 3.00. The van der Waals surface area contributed by atoms with Gasteiger partial charge in [-0.3, -0.25) is 31.4 Å². The lowest BCUT2D eigenvalue weighted by Crippen LogP contribution is -2.35. The van der Waals surface area contributed by atoms with Crippen molar-refractivity contribution in [2.45, 2.75) is 86.8 Å². The van der Waals surface area contributed by atoms with Gasteiger partial charge in [-0.2, -0.15) is 31.0 Å². The molecule has 8 aromatic rings. The molecule has 8 amide bonds. The normalized spacial score (nSPS) is 12.5. The Morgan fingerprint density at radius 1 is 0.539 bits per heavy atom. The number of aryl methyl sites for hydroxylation is 5. The summed E-state index contributed by atoms with van der Waals surface area (Å²) in [6.07, 6.45) is 0.615. The highest BCUT2D eigenvalue weighted by Crippen LogP contribution is 2.30. The smallest absolute Gasteiger partial charge is 0.339 e. The van der Waals surface area contributed by atoms with Crippen LogP contribution in [0.1, 0.15) is 88.8 Å². The number of sulfonamides is 1. The lowest BCUT2D eigenvalue weighted by atomic mass is 10.1. The molecule has 4 atom stereocenters. The van der Waals surface area contributed by atoms with Crippen LogP contribution in [0.4, 0.5) is 48.1 Å². The van der Waals surface area contributed by atoms with Gasteiger partial charge in [-0.25, -0.2) is 100 Å². The van der Waals surface area contributed by atoms with Gasteiger partial charge in [-0.05, 0) is 125 Å². The van der Waals surface area contributed by atoms with E-state index in [0.29, 0.717) is 28.8 Å². The molecule has 0 aliphatic carbocycles. The number of pyridine rings is 4. The first-order valence-corrected chi connectivity index (χ1v) is 40.9. The van der Waals surface area contributed by atoms with E-state index in [-0.39, 0.29) is 118 Å². The van der Waals surface area contributed by atoms with Gasteiger partial charge in [-0.1, -0.05) is 86.1 Å². The van der Waals surface area contributed by atoms with E-state index in [1.165, 1.54) is 108 Å². The molecule has 608 valence electrons. The minimum Gasteiger partial charge on any atom is -0.481 e. The molecule has 4 aromatic carbocycles. The summed E-state index contributed by atoms with van der Waals surface area (Å²) in [4.78, 5) is 87.7. The second-order valence-corrected chi connectivity index (χ2v) is 33.3. The minimum atomic E-state index is -4.08. The number of anilines is 4. The molecule has 0 fully saturated rings. The molecule has 4 unspecified atom stereocenters. The first kappa shape index (κ1) is 94.7. The van der Waals surface area contributed by atoms with E-state index in [1.54, 1.807) is 84.0 Å². The number of nitro groups is 1. The molecule has 0 saturated heterocycles. The average Bonchev–Trinajstić information content (AvgIpc) is 0.786. The number of nitrogens with zero attached hydrogens (tertiary/aromatic N) is 13. The Labute approximate surface area is 675 Å². The highest BCUT2D eigenvalue weighted by molar-refractivity contribution is 7.94. The van der Waals surface area contributed by atoms with Crippen LogP contribution in [0, 0.1) is 87.9 Å². The molecule has 4 heterocycles. The number of aromatic nitrogens is 4. The molecule has 0 aliphatic heterocycles. The van der Waals surface area contributed by atoms with E-state index in [0.717, 1.165) is 23.0 Å². The number of amides is 8. The number of rotatable bonds is 21. The third-order valence-corrected chi connectivity index (χ3v) is 24.9. The Morgan fingerprint density at radius 3 is 1.36 bits per heavy atom. The minimum absolute atomic E-state index is 0. The van der Waals surface area contributed by atoms with Crippen molar-refractivity contribution in [2.24, 2.45) is 13.1 Å². The summed E-state index contributed by atoms with van der Waals surface area (Å²) >= 11 is 12.0. The molecule has 0 saturated carbocycles. The van der Waals surface area contributed by atoms with Crippen LogP contribution in [0.25, 0.3) is 0 Å². The first-order chi connectivity index (χ1) is 53.8. The molecule has 45 heteroatoms. The van der Waals surface area contributed by atoms with Crippen molar-refractivity contribution >= 4 is 132 Å². The number of ether oxygens (including phenoxy) is 3. The maximum Gasteiger partial charge on any atom is 0.339 e. The van der Waals surface area contributed by atoms with Crippen LogP contribution in [0.3, 0.4) is 0 Å². The number of carbonyl (C=O) groups is 5. The zero-order valence-electron chi connectivity index (χ0n) is 62.8. The quantitative estimate of drug-likeness (QED) is 0.0140. The summed E-state index contributed by atoms with van der Waals surface area (Å²) in [5.74, 6) is -0.671. The van der Waals surface area contributed by atoms with E-state index >= 15 is 0 Å². The number of nitriles is 4. The lowest BCUT2D eigenvalue weighted by Gasteiger charge is -2.17. The van der Waals surface area contributed by atoms with Gasteiger partial charge in [-0.15, -0.1) is 0 Å². The van der Waals surface area contributed by atoms with Crippen LogP contribution < -0.4 is 49.6 Å². The highest BCUT2D eigenvalue weighted by Gasteiger charge is 2.31. The van der Waals surface area contributed by atoms with Crippen LogP contribution in [0.2, 0.25) is 10.2 Å². The maximum absolute atomic E-state index is 13.5. The van der Waals surface area contributed by atoms with Gasteiger partial charge in [0.25, 0.3) is 5.69 Å². The molecular weight excluding hydrogens is 1640 g/mol. The topological polar surface area (TPSA) is 566 Å². The van der Waals surface area contributed by atoms with Crippen LogP contribution in [-0.2, 0) is 60.8 Å². The van der Waals surface area contributed by atoms with Crippen molar-refractivity contribution in [3.63, 3.8) is 0 Å². The summed E-state index contributed by atoms with van der Waals surface area (Å²) in [6.45, 7) is 12.2.